The maximum Gasteiger partial charge on any atom is 0.350 e. The van der Waals surface area contributed by atoms with Crippen LogP contribution >= 0.6 is 11.3 Å². The number of para-hydroxylation sites is 1. The number of ether oxygens (including phenoxy) is 2. The van der Waals surface area contributed by atoms with Gasteiger partial charge in [-0.05, 0) is 26.0 Å². The molecule has 0 atom stereocenters. The van der Waals surface area contributed by atoms with Crippen molar-refractivity contribution in [3.8, 4) is 5.75 Å². The smallest absolute Gasteiger partial charge is 0.350 e. The average molecular weight is 319 g/mol. The van der Waals surface area contributed by atoms with Gasteiger partial charge in [0, 0.05) is 5.56 Å². The van der Waals surface area contributed by atoms with Crippen LogP contribution in [-0.4, -0.2) is 30.9 Å². The predicted octanol–water partition coefficient (Wildman–Crippen LogP) is 3.08. The third-order valence-electron chi connectivity index (χ3n) is 2.76. The lowest BCUT2D eigenvalue weighted by molar-refractivity contribution is 0.0531. The number of nitrogens with one attached hydrogen (secondary N) is 1. The summed E-state index contributed by atoms with van der Waals surface area (Å²) in [6.45, 7) is 3.87. The first-order valence-electron chi connectivity index (χ1n) is 6.72. The number of anilines is 1. The molecule has 0 radical (unpaired) electrons. The SMILES string of the molecule is CCOC(=O)c1sc(NN=Cc2ccccc2OC)nc1C. The molecule has 0 aliphatic rings. The largest absolute Gasteiger partial charge is 0.496 e. The third kappa shape index (κ3) is 3.82. The number of hydrogen-bond acceptors (Lipinski definition) is 7. The van der Waals surface area contributed by atoms with Crippen molar-refractivity contribution in [3.05, 3.63) is 40.4 Å². The zero-order chi connectivity index (χ0) is 15.9. The highest BCUT2D eigenvalue weighted by molar-refractivity contribution is 7.17. The second-order valence-corrected chi connectivity index (χ2v) is 5.27. The quantitative estimate of drug-likeness (QED) is 0.503. The molecule has 0 bridgehead atoms. The van der Waals surface area contributed by atoms with Gasteiger partial charge in [0.15, 0.2) is 0 Å². The van der Waals surface area contributed by atoms with Crippen LogP contribution < -0.4 is 10.2 Å². The van der Waals surface area contributed by atoms with E-state index in [0.717, 1.165) is 11.3 Å². The van der Waals surface area contributed by atoms with Crippen molar-refractivity contribution in [2.75, 3.05) is 19.1 Å². The Morgan fingerprint density at radius 3 is 2.95 bits per heavy atom. The summed E-state index contributed by atoms with van der Waals surface area (Å²) in [7, 11) is 1.61. The summed E-state index contributed by atoms with van der Waals surface area (Å²) in [4.78, 5) is 16.5. The number of rotatable bonds is 6. The van der Waals surface area contributed by atoms with Crippen LogP contribution in [0.5, 0.6) is 5.75 Å². The molecule has 0 amide bonds. The molecule has 6 nitrogen and oxygen atoms in total. The highest BCUT2D eigenvalue weighted by atomic mass is 32.1. The Balaban J connectivity index is 2.07. The Bertz CT molecular complexity index is 682. The second-order valence-electron chi connectivity index (χ2n) is 4.27. The Hall–Kier alpha value is -2.41. The molecule has 1 N–H and O–H groups in total. The zero-order valence-corrected chi connectivity index (χ0v) is 13.4. The van der Waals surface area contributed by atoms with E-state index in [1.54, 1.807) is 27.2 Å². The molecule has 0 saturated heterocycles. The van der Waals surface area contributed by atoms with Gasteiger partial charge in [0.2, 0.25) is 5.13 Å². The Morgan fingerprint density at radius 1 is 1.45 bits per heavy atom. The Morgan fingerprint density at radius 2 is 2.23 bits per heavy atom. The van der Waals surface area contributed by atoms with E-state index in [1.165, 1.54) is 11.3 Å². The van der Waals surface area contributed by atoms with Crippen LogP contribution in [0.2, 0.25) is 0 Å². The van der Waals surface area contributed by atoms with Crippen LogP contribution in [0.3, 0.4) is 0 Å². The van der Waals surface area contributed by atoms with Crippen molar-refractivity contribution in [1.82, 2.24) is 4.98 Å². The van der Waals surface area contributed by atoms with E-state index in [9.17, 15) is 4.79 Å². The van der Waals surface area contributed by atoms with Crippen LogP contribution in [0.25, 0.3) is 0 Å². The first-order chi connectivity index (χ1) is 10.7. The van der Waals surface area contributed by atoms with E-state index < -0.39 is 0 Å². The van der Waals surface area contributed by atoms with Crippen LogP contribution in [0, 0.1) is 6.92 Å². The molecule has 22 heavy (non-hydrogen) atoms. The molecule has 2 rings (SSSR count). The Labute approximate surface area is 132 Å². The number of thiazole rings is 1. The first kappa shape index (κ1) is 16.0. The van der Waals surface area contributed by atoms with Crippen molar-refractivity contribution in [3.63, 3.8) is 0 Å². The number of nitrogens with zero attached hydrogens (tertiary/aromatic N) is 2. The van der Waals surface area contributed by atoms with Crippen molar-refractivity contribution >= 4 is 28.7 Å². The van der Waals surface area contributed by atoms with Gasteiger partial charge in [-0.25, -0.2) is 9.78 Å². The number of aryl methyl sites for hydroxylation is 1. The van der Waals surface area contributed by atoms with Crippen molar-refractivity contribution in [2.24, 2.45) is 5.10 Å². The molecule has 2 aromatic rings. The Kier molecular flexibility index (Phi) is 5.48. The molecule has 0 fully saturated rings. The van der Waals surface area contributed by atoms with Crippen LogP contribution in [-0.2, 0) is 4.74 Å². The minimum Gasteiger partial charge on any atom is -0.496 e. The molecule has 1 heterocycles. The maximum absolute atomic E-state index is 11.7. The highest BCUT2D eigenvalue weighted by Gasteiger charge is 2.15. The second kappa shape index (κ2) is 7.56. The molecule has 116 valence electrons. The molecule has 0 spiro atoms. The molecule has 1 aromatic heterocycles. The lowest BCUT2D eigenvalue weighted by atomic mass is 10.2. The predicted molar refractivity (Wildman–Crippen MR) is 87.0 cm³/mol. The fraction of sp³-hybridized carbons (Fsp3) is 0.267. The number of aromatic nitrogens is 1. The molecule has 0 unspecified atom stereocenters. The molecule has 0 saturated carbocycles. The fourth-order valence-electron chi connectivity index (χ4n) is 1.76. The van der Waals surface area contributed by atoms with Gasteiger partial charge < -0.3 is 9.47 Å². The molecule has 7 heteroatoms. The maximum atomic E-state index is 11.7. The van der Waals surface area contributed by atoms with Gasteiger partial charge in [0.1, 0.15) is 10.6 Å². The van der Waals surface area contributed by atoms with E-state index in [1.807, 2.05) is 24.3 Å². The van der Waals surface area contributed by atoms with E-state index in [0.29, 0.717) is 22.3 Å². The summed E-state index contributed by atoms with van der Waals surface area (Å²) in [5, 5.41) is 4.66. The normalized spacial score (nSPS) is 10.7. The van der Waals surface area contributed by atoms with Gasteiger partial charge in [0.05, 0.1) is 25.6 Å². The number of hydrogen-bond donors (Lipinski definition) is 1. The fourth-order valence-corrected chi connectivity index (χ4v) is 2.57. The molecular formula is C15H17N3O3S. The van der Waals surface area contributed by atoms with Gasteiger partial charge >= 0.3 is 5.97 Å². The van der Waals surface area contributed by atoms with Crippen LogP contribution in [0.1, 0.15) is 27.9 Å². The average Bonchev–Trinajstić information content (AvgIpc) is 2.89. The summed E-state index contributed by atoms with van der Waals surface area (Å²) >= 11 is 1.21. The number of esters is 1. The number of benzene rings is 1. The number of carbonyl (C=O) groups excluding carboxylic acids is 1. The van der Waals surface area contributed by atoms with E-state index >= 15 is 0 Å². The molecular weight excluding hydrogens is 302 g/mol. The summed E-state index contributed by atoms with van der Waals surface area (Å²) in [6, 6.07) is 7.53. The number of methoxy groups -OCH3 is 1. The third-order valence-corrected chi connectivity index (χ3v) is 3.80. The summed E-state index contributed by atoms with van der Waals surface area (Å²) in [6.07, 6.45) is 1.64. The van der Waals surface area contributed by atoms with Crippen LogP contribution in [0.15, 0.2) is 29.4 Å². The summed E-state index contributed by atoms with van der Waals surface area (Å²) < 4.78 is 10.2. The molecule has 0 aliphatic carbocycles. The minimum atomic E-state index is -0.362. The number of hydrazone groups is 1. The first-order valence-corrected chi connectivity index (χ1v) is 7.54. The van der Waals surface area contributed by atoms with Gasteiger partial charge in [-0.2, -0.15) is 5.10 Å². The minimum absolute atomic E-state index is 0.338. The lowest BCUT2D eigenvalue weighted by Gasteiger charge is -2.02. The lowest BCUT2D eigenvalue weighted by Crippen LogP contribution is -2.03. The van der Waals surface area contributed by atoms with Crippen molar-refractivity contribution in [1.29, 1.82) is 0 Å². The van der Waals surface area contributed by atoms with E-state index in [2.05, 4.69) is 15.5 Å². The van der Waals surface area contributed by atoms with E-state index in [4.69, 9.17) is 9.47 Å². The van der Waals surface area contributed by atoms with E-state index in [-0.39, 0.29) is 5.97 Å². The topological polar surface area (TPSA) is 72.8 Å². The van der Waals surface area contributed by atoms with Gasteiger partial charge in [-0.1, -0.05) is 23.5 Å². The van der Waals surface area contributed by atoms with Crippen molar-refractivity contribution < 1.29 is 14.3 Å². The van der Waals surface area contributed by atoms with Crippen molar-refractivity contribution in [2.45, 2.75) is 13.8 Å². The summed E-state index contributed by atoms with van der Waals surface area (Å²) in [5.41, 5.74) is 4.28. The molecule has 0 aliphatic heterocycles. The highest BCUT2D eigenvalue weighted by Crippen LogP contribution is 2.23. The standard InChI is InChI=1S/C15H17N3O3S/c1-4-21-14(19)13-10(2)17-15(22-13)18-16-9-11-7-5-6-8-12(11)20-3/h5-9H,4H2,1-3H3,(H,17,18). The van der Waals surface area contributed by atoms with Gasteiger partial charge in [-0.3, -0.25) is 5.43 Å². The van der Waals surface area contributed by atoms with Gasteiger partial charge in [-0.15, -0.1) is 0 Å². The zero-order valence-electron chi connectivity index (χ0n) is 12.6. The summed E-state index contributed by atoms with van der Waals surface area (Å²) in [5.74, 6) is 0.370. The van der Waals surface area contributed by atoms with Crippen LogP contribution in [0.4, 0.5) is 5.13 Å². The number of carbonyl (C=O) groups is 1. The van der Waals surface area contributed by atoms with Gasteiger partial charge in [0.25, 0.3) is 0 Å². The molecule has 1 aromatic carbocycles. The monoisotopic (exact) mass is 319 g/mol.